The molecule has 1 aromatic heterocycles. The number of benzene rings is 1. The van der Waals surface area contributed by atoms with Crippen LogP contribution in [0.1, 0.15) is 23.4 Å². The van der Waals surface area contributed by atoms with Crippen LogP contribution in [0.15, 0.2) is 41.8 Å². The first-order valence-electron chi connectivity index (χ1n) is 7.59. The molecule has 112 valence electrons. The molecule has 0 bridgehead atoms. The smallest absolute Gasteiger partial charge is 0.119 e. The topological polar surface area (TPSA) is 24.5 Å². The van der Waals surface area contributed by atoms with Gasteiger partial charge in [0.15, 0.2) is 0 Å². The first kappa shape index (κ1) is 14.6. The standard InChI is InChI=1S/C17H22N2OS/c1-2-20-15-6-3-5-14(13-15)17(16-7-4-12-21-16)19-10-8-18-9-11-19/h3-7,12-13,17-18H,2,8-11H2,1H3. The van der Waals surface area contributed by atoms with Crippen LogP contribution in [-0.4, -0.2) is 37.7 Å². The molecular weight excluding hydrogens is 280 g/mol. The van der Waals surface area contributed by atoms with E-state index in [1.165, 1.54) is 10.4 Å². The van der Waals surface area contributed by atoms with Gasteiger partial charge in [-0.25, -0.2) is 0 Å². The Morgan fingerprint density at radius 2 is 2.10 bits per heavy atom. The molecule has 3 nitrogen and oxygen atoms in total. The SMILES string of the molecule is CCOc1cccc(C(c2cccs2)N2CCNCC2)c1. The summed E-state index contributed by atoms with van der Waals surface area (Å²) in [5.74, 6) is 0.965. The third kappa shape index (κ3) is 3.46. The van der Waals surface area contributed by atoms with Crippen LogP contribution >= 0.6 is 11.3 Å². The summed E-state index contributed by atoms with van der Waals surface area (Å²) in [7, 11) is 0. The molecule has 3 rings (SSSR count). The van der Waals surface area contributed by atoms with Crippen molar-refractivity contribution in [3.05, 3.63) is 52.2 Å². The van der Waals surface area contributed by atoms with E-state index < -0.39 is 0 Å². The predicted octanol–water partition coefficient (Wildman–Crippen LogP) is 3.14. The van der Waals surface area contributed by atoms with Gasteiger partial charge in [-0.05, 0) is 36.1 Å². The summed E-state index contributed by atoms with van der Waals surface area (Å²) in [6, 6.07) is 13.3. The van der Waals surface area contributed by atoms with Gasteiger partial charge in [0.1, 0.15) is 5.75 Å². The fraction of sp³-hybridized carbons (Fsp3) is 0.412. The summed E-state index contributed by atoms with van der Waals surface area (Å²) in [6.07, 6.45) is 0. The van der Waals surface area contributed by atoms with Crippen molar-refractivity contribution in [1.29, 1.82) is 0 Å². The zero-order valence-corrected chi connectivity index (χ0v) is 13.2. The van der Waals surface area contributed by atoms with E-state index >= 15 is 0 Å². The highest BCUT2D eigenvalue weighted by atomic mass is 32.1. The molecule has 0 amide bonds. The van der Waals surface area contributed by atoms with Crippen LogP contribution in [0.25, 0.3) is 0 Å². The Morgan fingerprint density at radius 3 is 2.81 bits per heavy atom. The second kappa shape index (κ2) is 7.07. The fourth-order valence-corrected chi connectivity index (χ4v) is 3.77. The van der Waals surface area contributed by atoms with E-state index in [1.54, 1.807) is 0 Å². The molecule has 1 fully saturated rings. The molecule has 1 atom stereocenters. The van der Waals surface area contributed by atoms with Gasteiger partial charge in [0, 0.05) is 31.1 Å². The Labute approximate surface area is 130 Å². The molecular formula is C17H22N2OS. The summed E-state index contributed by atoms with van der Waals surface area (Å²) in [5, 5.41) is 5.60. The predicted molar refractivity (Wildman–Crippen MR) is 88.2 cm³/mol. The Morgan fingerprint density at radius 1 is 1.24 bits per heavy atom. The average Bonchev–Trinajstić information content (AvgIpc) is 3.03. The van der Waals surface area contributed by atoms with Crippen molar-refractivity contribution in [2.24, 2.45) is 0 Å². The molecule has 1 unspecified atom stereocenters. The molecule has 0 spiro atoms. The number of ether oxygens (including phenoxy) is 1. The Balaban J connectivity index is 1.92. The van der Waals surface area contributed by atoms with Gasteiger partial charge in [0.2, 0.25) is 0 Å². The van der Waals surface area contributed by atoms with E-state index in [0.717, 1.165) is 31.9 Å². The molecule has 4 heteroatoms. The van der Waals surface area contributed by atoms with Crippen LogP contribution in [0.2, 0.25) is 0 Å². The van der Waals surface area contributed by atoms with Gasteiger partial charge in [0.05, 0.1) is 12.6 Å². The van der Waals surface area contributed by atoms with Crippen LogP contribution in [0.5, 0.6) is 5.75 Å². The molecule has 1 aliphatic heterocycles. The van der Waals surface area contributed by atoms with E-state index in [2.05, 4.69) is 45.9 Å². The van der Waals surface area contributed by atoms with Gasteiger partial charge in [0.25, 0.3) is 0 Å². The first-order valence-corrected chi connectivity index (χ1v) is 8.47. The Kier molecular flexibility index (Phi) is 4.91. The summed E-state index contributed by atoms with van der Waals surface area (Å²) < 4.78 is 5.67. The van der Waals surface area contributed by atoms with E-state index in [1.807, 2.05) is 24.3 Å². The number of piperazine rings is 1. The molecule has 0 saturated carbocycles. The van der Waals surface area contributed by atoms with Crippen molar-refractivity contribution in [2.75, 3.05) is 32.8 Å². The van der Waals surface area contributed by atoms with E-state index in [9.17, 15) is 0 Å². The third-order valence-corrected chi connectivity index (χ3v) is 4.74. The Bertz CT molecular complexity index is 550. The molecule has 2 heterocycles. The minimum atomic E-state index is 0.340. The van der Waals surface area contributed by atoms with E-state index in [0.29, 0.717) is 12.6 Å². The monoisotopic (exact) mass is 302 g/mol. The van der Waals surface area contributed by atoms with Crippen molar-refractivity contribution in [2.45, 2.75) is 13.0 Å². The van der Waals surface area contributed by atoms with Gasteiger partial charge in [-0.2, -0.15) is 0 Å². The highest BCUT2D eigenvalue weighted by Gasteiger charge is 2.24. The lowest BCUT2D eigenvalue weighted by Gasteiger charge is -2.34. The largest absolute Gasteiger partial charge is 0.494 e. The van der Waals surface area contributed by atoms with Crippen LogP contribution in [0.4, 0.5) is 0 Å². The van der Waals surface area contributed by atoms with Gasteiger partial charge >= 0.3 is 0 Å². The maximum Gasteiger partial charge on any atom is 0.119 e. The van der Waals surface area contributed by atoms with Gasteiger partial charge in [-0.15, -0.1) is 11.3 Å². The normalized spacial score (nSPS) is 17.6. The molecule has 1 N–H and O–H groups in total. The molecule has 0 radical (unpaired) electrons. The van der Waals surface area contributed by atoms with Gasteiger partial charge < -0.3 is 10.1 Å². The van der Waals surface area contributed by atoms with Crippen molar-refractivity contribution >= 4 is 11.3 Å². The number of thiophene rings is 1. The maximum atomic E-state index is 5.67. The molecule has 1 aromatic carbocycles. The summed E-state index contributed by atoms with van der Waals surface area (Å²) in [4.78, 5) is 3.97. The van der Waals surface area contributed by atoms with E-state index in [4.69, 9.17) is 4.74 Å². The average molecular weight is 302 g/mol. The summed E-state index contributed by atoms with van der Waals surface area (Å²) in [6.45, 7) is 7.03. The highest BCUT2D eigenvalue weighted by molar-refractivity contribution is 7.10. The van der Waals surface area contributed by atoms with Crippen molar-refractivity contribution in [3.63, 3.8) is 0 Å². The van der Waals surface area contributed by atoms with Crippen molar-refractivity contribution in [3.8, 4) is 5.75 Å². The minimum Gasteiger partial charge on any atom is -0.494 e. The minimum absolute atomic E-state index is 0.340. The molecule has 0 aliphatic carbocycles. The summed E-state index contributed by atoms with van der Waals surface area (Å²) >= 11 is 1.84. The van der Waals surface area contributed by atoms with Crippen LogP contribution in [0.3, 0.4) is 0 Å². The van der Waals surface area contributed by atoms with Gasteiger partial charge in [-0.3, -0.25) is 4.90 Å². The number of nitrogens with zero attached hydrogens (tertiary/aromatic N) is 1. The fourth-order valence-electron chi connectivity index (χ4n) is 2.88. The zero-order valence-electron chi connectivity index (χ0n) is 12.4. The maximum absolute atomic E-state index is 5.67. The summed E-state index contributed by atoms with van der Waals surface area (Å²) in [5.41, 5.74) is 1.32. The number of hydrogen-bond acceptors (Lipinski definition) is 4. The number of hydrogen-bond donors (Lipinski definition) is 1. The number of rotatable bonds is 5. The molecule has 21 heavy (non-hydrogen) atoms. The van der Waals surface area contributed by atoms with Gasteiger partial charge in [-0.1, -0.05) is 18.2 Å². The lowest BCUT2D eigenvalue weighted by molar-refractivity contribution is 0.200. The van der Waals surface area contributed by atoms with Crippen LogP contribution in [-0.2, 0) is 0 Å². The van der Waals surface area contributed by atoms with Crippen LogP contribution < -0.4 is 10.1 Å². The third-order valence-electron chi connectivity index (χ3n) is 3.81. The quantitative estimate of drug-likeness (QED) is 0.918. The van der Waals surface area contributed by atoms with Crippen molar-refractivity contribution < 1.29 is 4.74 Å². The molecule has 1 aliphatic rings. The second-order valence-electron chi connectivity index (χ2n) is 5.21. The first-order chi connectivity index (χ1) is 10.4. The van der Waals surface area contributed by atoms with Crippen LogP contribution in [0, 0.1) is 0 Å². The van der Waals surface area contributed by atoms with E-state index in [-0.39, 0.29) is 0 Å². The lowest BCUT2D eigenvalue weighted by Crippen LogP contribution is -2.45. The zero-order chi connectivity index (χ0) is 14.5. The Hall–Kier alpha value is -1.36. The lowest BCUT2D eigenvalue weighted by atomic mass is 10.0. The number of nitrogens with one attached hydrogen (secondary N) is 1. The molecule has 2 aromatic rings. The molecule has 1 saturated heterocycles. The van der Waals surface area contributed by atoms with Crippen molar-refractivity contribution in [1.82, 2.24) is 10.2 Å². The second-order valence-corrected chi connectivity index (χ2v) is 6.19. The highest BCUT2D eigenvalue weighted by Crippen LogP contribution is 2.33.